The lowest BCUT2D eigenvalue weighted by molar-refractivity contribution is 0.0235. The van der Waals surface area contributed by atoms with Gasteiger partial charge < -0.3 is 10.6 Å². The molecule has 1 saturated heterocycles. The highest BCUT2D eigenvalue weighted by molar-refractivity contribution is 4.95. The lowest BCUT2D eigenvalue weighted by Crippen LogP contribution is -2.56. The SMILES string of the molecule is CN1CCC(C)(C)N(C(C)(C)C)CC1CCN. The maximum Gasteiger partial charge on any atom is 0.0232 e. The van der Waals surface area contributed by atoms with Crippen molar-refractivity contribution in [2.24, 2.45) is 5.73 Å². The van der Waals surface area contributed by atoms with Gasteiger partial charge in [0.25, 0.3) is 0 Å². The first-order valence-corrected chi connectivity index (χ1v) is 6.86. The zero-order valence-electron chi connectivity index (χ0n) is 12.6. The predicted octanol–water partition coefficient (Wildman–Crippen LogP) is 1.92. The standard InChI is InChI=1S/C14H31N3/c1-13(2,3)17-11-12(7-9-15)16(6)10-8-14(17,4)5/h12H,7-11,15H2,1-6H3. The summed E-state index contributed by atoms with van der Waals surface area (Å²) in [5, 5.41) is 0. The highest BCUT2D eigenvalue weighted by Gasteiger charge is 2.39. The molecule has 2 N–H and O–H groups in total. The van der Waals surface area contributed by atoms with E-state index in [9.17, 15) is 0 Å². The first kappa shape index (κ1) is 14.9. The molecule has 0 aromatic rings. The minimum Gasteiger partial charge on any atom is -0.330 e. The van der Waals surface area contributed by atoms with Crippen LogP contribution in [0.4, 0.5) is 0 Å². The van der Waals surface area contributed by atoms with Crippen molar-refractivity contribution in [2.45, 2.75) is 64.6 Å². The van der Waals surface area contributed by atoms with Gasteiger partial charge in [0, 0.05) is 23.7 Å². The third kappa shape index (κ3) is 3.67. The summed E-state index contributed by atoms with van der Waals surface area (Å²) in [6.45, 7) is 14.8. The van der Waals surface area contributed by atoms with Gasteiger partial charge in [-0.1, -0.05) is 0 Å². The predicted molar refractivity (Wildman–Crippen MR) is 75.2 cm³/mol. The molecule has 1 aliphatic rings. The Morgan fingerprint density at radius 2 is 1.88 bits per heavy atom. The zero-order chi connectivity index (χ0) is 13.3. The van der Waals surface area contributed by atoms with Gasteiger partial charge in [-0.2, -0.15) is 0 Å². The van der Waals surface area contributed by atoms with Crippen LogP contribution < -0.4 is 5.73 Å². The highest BCUT2D eigenvalue weighted by atomic mass is 15.3. The molecule has 0 amide bonds. The van der Waals surface area contributed by atoms with Gasteiger partial charge in [-0.05, 0) is 67.6 Å². The van der Waals surface area contributed by atoms with Gasteiger partial charge in [-0.3, -0.25) is 4.90 Å². The lowest BCUT2D eigenvalue weighted by Gasteiger charge is -2.47. The van der Waals surface area contributed by atoms with E-state index < -0.39 is 0 Å². The third-order valence-electron chi connectivity index (χ3n) is 4.13. The number of rotatable bonds is 2. The second kappa shape index (κ2) is 5.25. The topological polar surface area (TPSA) is 32.5 Å². The Morgan fingerprint density at radius 1 is 1.29 bits per heavy atom. The average Bonchev–Trinajstić information content (AvgIpc) is 2.28. The van der Waals surface area contributed by atoms with E-state index in [1.54, 1.807) is 0 Å². The molecule has 0 saturated carbocycles. The number of hydrogen-bond donors (Lipinski definition) is 1. The fourth-order valence-electron chi connectivity index (χ4n) is 3.05. The molecule has 1 aliphatic heterocycles. The van der Waals surface area contributed by atoms with Crippen molar-refractivity contribution in [1.29, 1.82) is 0 Å². The minimum atomic E-state index is 0.224. The Balaban J connectivity index is 2.91. The fraction of sp³-hybridized carbons (Fsp3) is 1.00. The molecule has 0 bridgehead atoms. The Kier molecular flexibility index (Phi) is 4.61. The van der Waals surface area contributed by atoms with E-state index in [1.807, 2.05) is 0 Å². The van der Waals surface area contributed by atoms with Crippen LogP contribution >= 0.6 is 0 Å². The normalized spacial score (nSPS) is 28.1. The summed E-state index contributed by atoms with van der Waals surface area (Å²) in [4.78, 5) is 5.14. The maximum atomic E-state index is 5.75. The highest BCUT2D eigenvalue weighted by Crippen LogP contribution is 2.31. The quantitative estimate of drug-likeness (QED) is 0.802. The average molecular weight is 241 g/mol. The molecule has 1 atom stereocenters. The molecule has 0 spiro atoms. The van der Waals surface area contributed by atoms with Crippen molar-refractivity contribution in [2.75, 3.05) is 26.7 Å². The Morgan fingerprint density at radius 3 is 2.35 bits per heavy atom. The summed E-state index contributed by atoms with van der Waals surface area (Å²) in [5.41, 5.74) is 6.25. The van der Waals surface area contributed by atoms with Gasteiger partial charge in [0.2, 0.25) is 0 Å². The van der Waals surface area contributed by atoms with E-state index in [0.29, 0.717) is 6.04 Å². The smallest absolute Gasteiger partial charge is 0.0232 e. The second-order valence-corrected chi connectivity index (χ2v) is 7.06. The van der Waals surface area contributed by atoms with Crippen molar-refractivity contribution in [3.8, 4) is 0 Å². The van der Waals surface area contributed by atoms with E-state index in [0.717, 1.165) is 19.5 Å². The molecule has 1 unspecified atom stereocenters. The van der Waals surface area contributed by atoms with Crippen LogP contribution in [0.3, 0.4) is 0 Å². The molecule has 0 aliphatic carbocycles. The van der Waals surface area contributed by atoms with E-state index in [1.165, 1.54) is 13.0 Å². The largest absolute Gasteiger partial charge is 0.330 e. The van der Waals surface area contributed by atoms with Crippen molar-refractivity contribution in [3.05, 3.63) is 0 Å². The fourth-order valence-corrected chi connectivity index (χ4v) is 3.05. The van der Waals surface area contributed by atoms with Crippen LogP contribution in [0.5, 0.6) is 0 Å². The van der Waals surface area contributed by atoms with Gasteiger partial charge in [-0.25, -0.2) is 0 Å². The van der Waals surface area contributed by atoms with E-state index in [-0.39, 0.29) is 11.1 Å². The second-order valence-electron chi connectivity index (χ2n) is 7.06. The van der Waals surface area contributed by atoms with E-state index in [4.69, 9.17) is 5.73 Å². The zero-order valence-corrected chi connectivity index (χ0v) is 12.6. The molecule has 17 heavy (non-hydrogen) atoms. The molecule has 1 rings (SSSR count). The number of nitrogens with zero attached hydrogens (tertiary/aromatic N) is 2. The van der Waals surface area contributed by atoms with Crippen LogP contribution in [0.25, 0.3) is 0 Å². The first-order chi connectivity index (χ1) is 7.68. The molecule has 1 fully saturated rings. The minimum absolute atomic E-state index is 0.224. The Hall–Kier alpha value is -0.120. The number of nitrogens with two attached hydrogens (primary N) is 1. The van der Waals surface area contributed by atoms with Crippen molar-refractivity contribution in [3.63, 3.8) is 0 Å². The Bertz CT molecular complexity index is 242. The summed E-state index contributed by atoms with van der Waals surface area (Å²) < 4.78 is 0. The molecule has 0 radical (unpaired) electrons. The molecular formula is C14H31N3. The summed E-state index contributed by atoms with van der Waals surface area (Å²) in [5.74, 6) is 0. The molecule has 0 aromatic heterocycles. The van der Waals surface area contributed by atoms with Crippen LogP contribution in [0.2, 0.25) is 0 Å². The molecule has 0 aromatic carbocycles. The Labute approximate surface area is 107 Å². The summed E-state index contributed by atoms with van der Waals surface area (Å²) >= 11 is 0. The van der Waals surface area contributed by atoms with Crippen LogP contribution in [0, 0.1) is 0 Å². The van der Waals surface area contributed by atoms with Crippen LogP contribution in [0.1, 0.15) is 47.5 Å². The number of hydrogen-bond acceptors (Lipinski definition) is 3. The van der Waals surface area contributed by atoms with Crippen molar-refractivity contribution >= 4 is 0 Å². The van der Waals surface area contributed by atoms with Gasteiger partial charge in [-0.15, -0.1) is 0 Å². The van der Waals surface area contributed by atoms with E-state index in [2.05, 4.69) is 51.5 Å². The summed E-state index contributed by atoms with van der Waals surface area (Å²) in [6.07, 6.45) is 2.32. The molecule has 102 valence electrons. The molecule has 3 heteroatoms. The summed E-state index contributed by atoms with van der Waals surface area (Å²) in [7, 11) is 2.24. The summed E-state index contributed by atoms with van der Waals surface area (Å²) in [6, 6.07) is 0.598. The van der Waals surface area contributed by atoms with Gasteiger partial charge in [0.15, 0.2) is 0 Å². The monoisotopic (exact) mass is 241 g/mol. The van der Waals surface area contributed by atoms with Crippen molar-refractivity contribution < 1.29 is 0 Å². The van der Waals surface area contributed by atoms with Gasteiger partial charge in [0.05, 0.1) is 0 Å². The lowest BCUT2D eigenvalue weighted by atomic mass is 9.91. The van der Waals surface area contributed by atoms with Gasteiger partial charge in [0.1, 0.15) is 0 Å². The molecule has 1 heterocycles. The van der Waals surface area contributed by atoms with Gasteiger partial charge >= 0.3 is 0 Å². The van der Waals surface area contributed by atoms with Crippen molar-refractivity contribution in [1.82, 2.24) is 9.80 Å². The first-order valence-electron chi connectivity index (χ1n) is 6.86. The van der Waals surface area contributed by atoms with Crippen LogP contribution in [-0.2, 0) is 0 Å². The molecular weight excluding hydrogens is 210 g/mol. The maximum absolute atomic E-state index is 5.75. The van der Waals surface area contributed by atoms with Crippen LogP contribution in [0.15, 0.2) is 0 Å². The van der Waals surface area contributed by atoms with E-state index >= 15 is 0 Å². The number of likely N-dealkylation sites (N-methyl/N-ethyl adjacent to an activating group) is 1. The van der Waals surface area contributed by atoms with Crippen LogP contribution in [-0.4, -0.2) is 53.6 Å². The molecule has 3 nitrogen and oxygen atoms in total. The third-order valence-corrected chi connectivity index (χ3v) is 4.13.